The highest BCUT2D eigenvalue weighted by atomic mass is 32.2. The number of nitrogens with one attached hydrogen (secondary N) is 1. The van der Waals surface area contributed by atoms with E-state index in [0.717, 1.165) is 0 Å². The normalized spacial score (nSPS) is 15.3. The number of rotatable bonds is 5. The fourth-order valence-corrected chi connectivity index (χ4v) is 4.57. The van der Waals surface area contributed by atoms with Crippen LogP contribution in [0.4, 0.5) is 5.69 Å². The minimum Gasteiger partial charge on any atom is -0.345 e. The highest BCUT2D eigenvalue weighted by Crippen LogP contribution is 2.33. The fourth-order valence-electron chi connectivity index (χ4n) is 3.51. The van der Waals surface area contributed by atoms with Gasteiger partial charge in [-0.2, -0.15) is 0 Å². The molecule has 0 aromatic heterocycles. The van der Waals surface area contributed by atoms with Crippen molar-refractivity contribution in [2.75, 3.05) is 18.8 Å². The monoisotopic (exact) mass is 386 g/mol. The van der Waals surface area contributed by atoms with Crippen LogP contribution in [0, 0.1) is 0 Å². The van der Waals surface area contributed by atoms with Crippen molar-refractivity contribution >= 4 is 21.6 Å². The third-order valence-electron chi connectivity index (χ3n) is 5.06. The molecule has 0 bridgehead atoms. The van der Waals surface area contributed by atoms with Crippen LogP contribution in [0.5, 0.6) is 0 Å². The SMILES string of the molecule is CN(C)C(=O)c1ccc(NS(=O)(=O)c2ccc(C3CCCCC3)cc2)cc1. The highest BCUT2D eigenvalue weighted by Gasteiger charge is 2.18. The van der Waals surface area contributed by atoms with Crippen LogP contribution in [0.2, 0.25) is 0 Å². The van der Waals surface area contributed by atoms with Crippen LogP contribution in [0.3, 0.4) is 0 Å². The average Bonchev–Trinajstić information content (AvgIpc) is 2.68. The van der Waals surface area contributed by atoms with Gasteiger partial charge >= 0.3 is 0 Å². The topological polar surface area (TPSA) is 66.5 Å². The Morgan fingerprint density at radius 3 is 2.07 bits per heavy atom. The van der Waals surface area contributed by atoms with Crippen molar-refractivity contribution in [3.63, 3.8) is 0 Å². The lowest BCUT2D eigenvalue weighted by Gasteiger charge is -2.22. The summed E-state index contributed by atoms with van der Waals surface area (Å²) in [5.41, 5.74) is 2.17. The summed E-state index contributed by atoms with van der Waals surface area (Å²) in [4.78, 5) is 13.6. The maximum Gasteiger partial charge on any atom is 0.261 e. The zero-order valence-electron chi connectivity index (χ0n) is 15.8. The zero-order chi connectivity index (χ0) is 19.4. The molecule has 5 nitrogen and oxygen atoms in total. The molecule has 6 heteroatoms. The third-order valence-corrected chi connectivity index (χ3v) is 6.45. The molecule has 0 aliphatic heterocycles. The number of anilines is 1. The van der Waals surface area contributed by atoms with Crippen LogP contribution in [-0.4, -0.2) is 33.3 Å². The fraction of sp³-hybridized carbons (Fsp3) is 0.381. The minimum absolute atomic E-state index is 0.122. The molecule has 2 aromatic rings. The van der Waals surface area contributed by atoms with Crippen molar-refractivity contribution < 1.29 is 13.2 Å². The van der Waals surface area contributed by atoms with E-state index in [0.29, 0.717) is 17.2 Å². The molecular weight excluding hydrogens is 360 g/mol. The van der Waals surface area contributed by atoms with Crippen LogP contribution in [0.1, 0.15) is 53.9 Å². The van der Waals surface area contributed by atoms with Gasteiger partial charge in [-0.3, -0.25) is 9.52 Å². The Balaban J connectivity index is 1.71. The molecule has 0 unspecified atom stereocenters. The number of hydrogen-bond acceptors (Lipinski definition) is 3. The molecule has 1 fully saturated rings. The van der Waals surface area contributed by atoms with Crippen molar-refractivity contribution in [3.8, 4) is 0 Å². The van der Waals surface area contributed by atoms with E-state index < -0.39 is 10.0 Å². The predicted octanol–water partition coefficient (Wildman–Crippen LogP) is 4.24. The number of carbonyl (C=O) groups is 1. The van der Waals surface area contributed by atoms with Gasteiger partial charge in [0.25, 0.3) is 15.9 Å². The number of nitrogens with zero attached hydrogens (tertiary/aromatic N) is 1. The summed E-state index contributed by atoms with van der Waals surface area (Å²) < 4.78 is 27.8. The lowest BCUT2D eigenvalue weighted by Crippen LogP contribution is -2.21. The van der Waals surface area contributed by atoms with Gasteiger partial charge in [0.15, 0.2) is 0 Å². The predicted molar refractivity (Wildman–Crippen MR) is 108 cm³/mol. The van der Waals surface area contributed by atoms with Crippen LogP contribution in [-0.2, 0) is 10.0 Å². The van der Waals surface area contributed by atoms with Crippen molar-refractivity contribution in [2.45, 2.75) is 42.9 Å². The Kier molecular flexibility index (Phi) is 5.85. The Hall–Kier alpha value is -2.34. The standard InChI is InChI=1S/C21H26N2O3S/c1-23(2)21(24)18-8-12-19(13-9-18)22-27(25,26)20-14-10-17(11-15-20)16-6-4-3-5-7-16/h8-16,22H,3-7H2,1-2H3. The highest BCUT2D eigenvalue weighted by molar-refractivity contribution is 7.92. The van der Waals surface area contributed by atoms with Gasteiger partial charge in [-0.05, 0) is 60.7 Å². The summed E-state index contributed by atoms with van der Waals surface area (Å²) in [7, 11) is -0.303. The first-order valence-electron chi connectivity index (χ1n) is 9.31. The second-order valence-electron chi connectivity index (χ2n) is 7.29. The van der Waals surface area contributed by atoms with Gasteiger partial charge in [0.2, 0.25) is 0 Å². The van der Waals surface area contributed by atoms with Crippen molar-refractivity contribution in [1.29, 1.82) is 0 Å². The van der Waals surface area contributed by atoms with Crippen LogP contribution in [0.25, 0.3) is 0 Å². The number of hydrogen-bond donors (Lipinski definition) is 1. The van der Waals surface area contributed by atoms with Gasteiger partial charge in [-0.25, -0.2) is 8.42 Å². The molecule has 0 atom stereocenters. The molecule has 1 aliphatic carbocycles. The molecule has 0 radical (unpaired) electrons. The van der Waals surface area contributed by atoms with Gasteiger partial charge in [0.1, 0.15) is 0 Å². The van der Waals surface area contributed by atoms with E-state index >= 15 is 0 Å². The van der Waals surface area contributed by atoms with E-state index in [1.807, 2.05) is 12.1 Å². The van der Waals surface area contributed by atoms with Crippen LogP contribution < -0.4 is 4.72 Å². The van der Waals surface area contributed by atoms with Crippen molar-refractivity contribution in [2.24, 2.45) is 0 Å². The number of benzene rings is 2. The first kappa shape index (κ1) is 19.4. The molecule has 0 heterocycles. The summed E-state index contributed by atoms with van der Waals surface area (Å²) in [5.74, 6) is 0.424. The molecule has 1 amide bonds. The second kappa shape index (κ2) is 8.13. The lowest BCUT2D eigenvalue weighted by molar-refractivity contribution is 0.0827. The number of sulfonamides is 1. The van der Waals surface area contributed by atoms with Gasteiger partial charge in [0.05, 0.1) is 4.90 Å². The first-order valence-corrected chi connectivity index (χ1v) is 10.8. The number of amides is 1. The summed E-state index contributed by atoms with van der Waals surface area (Å²) >= 11 is 0. The second-order valence-corrected chi connectivity index (χ2v) is 8.97. The largest absolute Gasteiger partial charge is 0.345 e. The quantitative estimate of drug-likeness (QED) is 0.836. The maximum atomic E-state index is 12.6. The van der Waals surface area contributed by atoms with Gasteiger partial charge in [-0.1, -0.05) is 31.4 Å². The lowest BCUT2D eigenvalue weighted by atomic mass is 9.84. The van der Waals surface area contributed by atoms with Crippen molar-refractivity contribution in [3.05, 3.63) is 59.7 Å². The molecule has 3 rings (SSSR count). The zero-order valence-corrected chi connectivity index (χ0v) is 16.6. The van der Waals surface area contributed by atoms with Gasteiger partial charge < -0.3 is 4.90 Å². The van der Waals surface area contributed by atoms with E-state index in [1.165, 1.54) is 42.6 Å². The van der Waals surface area contributed by atoms with E-state index in [9.17, 15) is 13.2 Å². The van der Waals surface area contributed by atoms with Gasteiger partial charge in [-0.15, -0.1) is 0 Å². The van der Waals surface area contributed by atoms with E-state index in [-0.39, 0.29) is 10.8 Å². The van der Waals surface area contributed by atoms with Crippen LogP contribution >= 0.6 is 0 Å². The van der Waals surface area contributed by atoms with Gasteiger partial charge in [0, 0.05) is 25.3 Å². The van der Waals surface area contributed by atoms with E-state index in [2.05, 4.69) is 4.72 Å². The molecule has 0 saturated heterocycles. The smallest absolute Gasteiger partial charge is 0.261 e. The van der Waals surface area contributed by atoms with Crippen LogP contribution in [0.15, 0.2) is 53.4 Å². The summed E-state index contributed by atoms with van der Waals surface area (Å²) in [5, 5.41) is 0. The molecule has 144 valence electrons. The Bertz CT molecular complexity index is 882. The van der Waals surface area contributed by atoms with E-state index in [1.54, 1.807) is 50.5 Å². The first-order chi connectivity index (χ1) is 12.9. The molecule has 1 saturated carbocycles. The summed E-state index contributed by atoms with van der Waals surface area (Å²) in [6, 6.07) is 13.7. The molecular formula is C21H26N2O3S. The Morgan fingerprint density at radius 1 is 0.926 bits per heavy atom. The summed E-state index contributed by atoms with van der Waals surface area (Å²) in [6.45, 7) is 0. The average molecular weight is 387 g/mol. The van der Waals surface area contributed by atoms with Crippen molar-refractivity contribution in [1.82, 2.24) is 4.90 Å². The molecule has 1 N–H and O–H groups in total. The summed E-state index contributed by atoms with van der Waals surface area (Å²) in [6.07, 6.45) is 6.16. The number of carbonyl (C=O) groups excluding carboxylic acids is 1. The molecule has 0 spiro atoms. The Morgan fingerprint density at radius 2 is 1.52 bits per heavy atom. The minimum atomic E-state index is -3.66. The van der Waals surface area contributed by atoms with E-state index in [4.69, 9.17) is 0 Å². The molecule has 27 heavy (non-hydrogen) atoms. The maximum absolute atomic E-state index is 12.6. The Labute approximate surface area is 161 Å². The molecule has 2 aromatic carbocycles. The molecule has 1 aliphatic rings. The third kappa shape index (κ3) is 4.69.